The van der Waals surface area contributed by atoms with E-state index in [1.54, 1.807) is 0 Å². The van der Waals surface area contributed by atoms with Crippen LogP contribution in [0.2, 0.25) is 13.1 Å². The maximum atomic E-state index is 10.6. The second kappa shape index (κ2) is 4.86. The van der Waals surface area contributed by atoms with Crippen LogP contribution < -0.4 is 5.19 Å². The molecule has 17 heavy (non-hydrogen) atoms. The average molecular weight is 242 g/mol. The van der Waals surface area contributed by atoms with E-state index >= 15 is 0 Å². The summed E-state index contributed by atoms with van der Waals surface area (Å²) in [5.74, 6) is 0. The van der Waals surface area contributed by atoms with Gasteiger partial charge in [-0.15, -0.1) is 0 Å². The second-order valence-electron chi connectivity index (χ2n) is 4.90. The molecule has 1 atom stereocenters. The number of hydrogen-bond donors (Lipinski definition) is 1. The van der Waals surface area contributed by atoms with Crippen LogP contribution in [0.4, 0.5) is 0 Å². The topological polar surface area (TPSA) is 20.2 Å². The molecule has 0 aliphatic rings. The van der Waals surface area contributed by atoms with Gasteiger partial charge in [0, 0.05) is 0 Å². The highest BCUT2D eigenvalue weighted by atomic mass is 28.3. The fourth-order valence-corrected chi connectivity index (χ4v) is 4.47. The summed E-state index contributed by atoms with van der Waals surface area (Å²) >= 11 is 0. The molecule has 0 radical (unpaired) electrons. The van der Waals surface area contributed by atoms with Crippen molar-refractivity contribution >= 4 is 13.3 Å². The van der Waals surface area contributed by atoms with E-state index < -0.39 is 8.07 Å². The van der Waals surface area contributed by atoms with Gasteiger partial charge in [-0.2, -0.15) is 0 Å². The highest BCUT2D eigenvalue weighted by Gasteiger charge is 2.33. The molecular formula is C15H18OSi. The van der Waals surface area contributed by atoms with Gasteiger partial charge in [-0.25, -0.2) is 0 Å². The zero-order valence-corrected chi connectivity index (χ0v) is 11.3. The van der Waals surface area contributed by atoms with Crippen LogP contribution in [-0.4, -0.2) is 13.2 Å². The zero-order valence-electron chi connectivity index (χ0n) is 10.3. The van der Waals surface area contributed by atoms with Gasteiger partial charge in [-0.3, -0.25) is 0 Å². The molecule has 0 saturated heterocycles. The maximum Gasteiger partial charge on any atom is 0.118 e. The summed E-state index contributed by atoms with van der Waals surface area (Å²) in [6, 6.07) is 20.3. The third-order valence-electron chi connectivity index (χ3n) is 3.32. The normalized spacial score (nSPS) is 13.4. The fourth-order valence-electron chi connectivity index (χ4n) is 2.08. The minimum atomic E-state index is -1.87. The predicted octanol–water partition coefficient (Wildman–Crippen LogP) is 2.87. The third kappa shape index (κ3) is 2.48. The van der Waals surface area contributed by atoms with Crippen LogP contribution in [0.25, 0.3) is 0 Å². The fraction of sp³-hybridized carbons (Fsp3) is 0.200. The SMILES string of the molecule is C[Si](C)(c1ccccc1)[C@@H](O)c1ccccc1. The average Bonchev–Trinajstić information content (AvgIpc) is 2.40. The Kier molecular flexibility index (Phi) is 3.45. The summed E-state index contributed by atoms with van der Waals surface area (Å²) < 4.78 is 0. The highest BCUT2D eigenvalue weighted by Crippen LogP contribution is 2.23. The molecule has 2 aromatic carbocycles. The summed E-state index contributed by atoms with van der Waals surface area (Å²) in [6.07, 6.45) is 0. The minimum Gasteiger partial charge on any atom is -0.392 e. The van der Waals surface area contributed by atoms with Gasteiger partial charge in [0.2, 0.25) is 0 Å². The van der Waals surface area contributed by atoms with Gasteiger partial charge < -0.3 is 5.11 Å². The molecule has 1 N–H and O–H groups in total. The molecule has 0 heterocycles. The summed E-state index contributed by atoms with van der Waals surface area (Å²) in [5, 5.41) is 11.9. The first-order chi connectivity index (χ1) is 8.12. The number of rotatable bonds is 3. The monoisotopic (exact) mass is 242 g/mol. The molecule has 0 amide bonds. The molecule has 0 aliphatic carbocycles. The molecule has 2 rings (SSSR count). The van der Waals surface area contributed by atoms with E-state index in [0.29, 0.717) is 0 Å². The van der Waals surface area contributed by atoms with E-state index in [0.717, 1.165) is 5.56 Å². The van der Waals surface area contributed by atoms with Crippen LogP contribution in [0.3, 0.4) is 0 Å². The van der Waals surface area contributed by atoms with E-state index in [-0.39, 0.29) is 5.73 Å². The Labute approximate surface area is 104 Å². The molecule has 2 aromatic rings. The van der Waals surface area contributed by atoms with Crippen molar-refractivity contribution in [3.8, 4) is 0 Å². The van der Waals surface area contributed by atoms with Crippen molar-refractivity contribution in [3.63, 3.8) is 0 Å². The Morgan fingerprint density at radius 1 is 0.824 bits per heavy atom. The van der Waals surface area contributed by atoms with Crippen LogP contribution in [0.1, 0.15) is 11.3 Å². The highest BCUT2D eigenvalue weighted by molar-refractivity contribution is 6.90. The van der Waals surface area contributed by atoms with Gasteiger partial charge in [0.15, 0.2) is 0 Å². The maximum absolute atomic E-state index is 10.6. The van der Waals surface area contributed by atoms with E-state index in [9.17, 15) is 5.11 Å². The van der Waals surface area contributed by atoms with Gasteiger partial charge in [-0.05, 0) is 5.56 Å². The molecule has 1 nitrogen and oxygen atoms in total. The number of aliphatic hydroxyl groups is 1. The van der Waals surface area contributed by atoms with E-state index in [2.05, 4.69) is 25.2 Å². The van der Waals surface area contributed by atoms with Gasteiger partial charge in [0.05, 0.1) is 5.73 Å². The number of hydrogen-bond acceptors (Lipinski definition) is 1. The van der Waals surface area contributed by atoms with Crippen molar-refractivity contribution in [2.45, 2.75) is 18.8 Å². The minimum absolute atomic E-state index is 0.355. The Balaban J connectivity index is 2.33. The number of aliphatic hydroxyl groups excluding tert-OH is 1. The Morgan fingerprint density at radius 2 is 1.29 bits per heavy atom. The first-order valence-corrected chi connectivity index (χ1v) is 8.98. The first-order valence-electron chi connectivity index (χ1n) is 5.91. The summed E-state index contributed by atoms with van der Waals surface area (Å²) in [5.41, 5.74) is 0.666. The smallest absolute Gasteiger partial charge is 0.118 e. The molecule has 0 aliphatic heterocycles. The standard InChI is InChI=1S/C15H18OSi/c1-17(2,14-11-7-4-8-12-14)15(16)13-9-5-3-6-10-13/h3-12,15-16H,1-2H3/t15-/m1/s1. The largest absolute Gasteiger partial charge is 0.392 e. The second-order valence-corrected chi connectivity index (χ2v) is 9.47. The lowest BCUT2D eigenvalue weighted by Crippen LogP contribution is -2.47. The van der Waals surface area contributed by atoms with Crippen LogP contribution in [-0.2, 0) is 0 Å². The van der Waals surface area contributed by atoms with Crippen LogP contribution in [0, 0.1) is 0 Å². The third-order valence-corrected chi connectivity index (χ3v) is 6.84. The van der Waals surface area contributed by atoms with Crippen LogP contribution >= 0.6 is 0 Å². The summed E-state index contributed by atoms with van der Waals surface area (Å²) in [4.78, 5) is 0. The Morgan fingerprint density at radius 3 is 1.82 bits per heavy atom. The van der Waals surface area contributed by atoms with Crippen molar-refractivity contribution in [1.82, 2.24) is 0 Å². The lowest BCUT2D eigenvalue weighted by molar-refractivity contribution is 0.251. The molecule has 0 saturated carbocycles. The van der Waals surface area contributed by atoms with E-state index in [1.165, 1.54) is 5.19 Å². The van der Waals surface area contributed by atoms with Crippen molar-refractivity contribution in [1.29, 1.82) is 0 Å². The lowest BCUT2D eigenvalue weighted by Gasteiger charge is -2.29. The van der Waals surface area contributed by atoms with E-state index in [4.69, 9.17) is 0 Å². The van der Waals surface area contributed by atoms with E-state index in [1.807, 2.05) is 48.5 Å². The molecule has 0 fully saturated rings. The zero-order chi connectivity index (χ0) is 12.3. The Hall–Kier alpha value is -1.38. The van der Waals surface area contributed by atoms with Crippen molar-refractivity contribution in [2.75, 3.05) is 0 Å². The predicted molar refractivity (Wildman–Crippen MR) is 75.0 cm³/mol. The molecule has 0 aromatic heterocycles. The molecule has 0 bridgehead atoms. The molecular weight excluding hydrogens is 224 g/mol. The van der Waals surface area contributed by atoms with Gasteiger partial charge in [0.25, 0.3) is 0 Å². The molecule has 0 spiro atoms. The molecule has 2 heteroatoms. The van der Waals surface area contributed by atoms with Crippen LogP contribution in [0.5, 0.6) is 0 Å². The van der Waals surface area contributed by atoms with Crippen molar-refractivity contribution in [3.05, 3.63) is 66.2 Å². The quantitative estimate of drug-likeness (QED) is 0.821. The Bertz CT molecular complexity index is 465. The van der Waals surface area contributed by atoms with Gasteiger partial charge in [0.1, 0.15) is 8.07 Å². The lowest BCUT2D eigenvalue weighted by atomic mass is 10.2. The number of benzene rings is 2. The summed E-state index contributed by atoms with van der Waals surface area (Å²) in [6.45, 7) is 4.42. The summed E-state index contributed by atoms with van der Waals surface area (Å²) in [7, 11) is -1.87. The van der Waals surface area contributed by atoms with Crippen molar-refractivity contribution < 1.29 is 5.11 Å². The van der Waals surface area contributed by atoms with Gasteiger partial charge in [-0.1, -0.05) is 78.9 Å². The van der Waals surface area contributed by atoms with Crippen molar-refractivity contribution in [2.24, 2.45) is 0 Å². The molecule has 88 valence electrons. The first kappa shape index (κ1) is 12.1. The van der Waals surface area contributed by atoms with Crippen LogP contribution in [0.15, 0.2) is 60.7 Å². The van der Waals surface area contributed by atoms with Gasteiger partial charge >= 0.3 is 0 Å². The molecule has 0 unspecified atom stereocenters.